The third-order valence-corrected chi connectivity index (χ3v) is 12.2. The largest absolute Gasteiger partial charge is 0.383 e. The Hall–Kier alpha value is -6.76. The summed E-state index contributed by atoms with van der Waals surface area (Å²) in [5.74, 6) is -4.64. The predicted molar refractivity (Wildman–Crippen MR) is 254 cm³/mol. The Morgan fingerprint density at radius 3 is 1.82 bits per heavy atom. The van der Waals surface area contributed by atoms with Crippen molar-refractivity contribution in [2.24, 2.45) is 5.73 Å². The molecule has 2 bridgehead atoms. The number of carbonyl (C=O) groups is 6. The zero-order valence-corrected chi connectivity index (χ0v) is 37.6. The number of carbonyl (C=O) groups excluding carboxylic acids is 6. The number of thiophene rings is 1. The van der Waals surface area contributed by atoms with Gasteiger partial charge in [-0.3, -0.25) is 28.8 Å². The highest BCUT2D eigenvalue weighted by molar-refractivity contribution is 7.09. The summed E-state index contributed by atoms with van der Waals surface area (Å²) in [6.45, 7) is 0.362. The maximum atomic E-state index is 14.7. The Morgan fingerprint density at radius 2 is 1.22 bits per heavy atom. The number of benzene rings is 4. The van der Waals surface area contributed by atoms with E-state index in [1.807, 2.05) is 60.0 Å². The molecule has 0 aliphatic carbocycles. The van der Waals surface area contributed by atoms with Crippen LogP contribution in [0.4, 0.5) is 5.69 Å². The molecule has 6 unspecified atom stereocenters. The van der Waals surface area contributed by atoms with E-state index in [9.17, 15) is 44.1 Å². The molecule has 16 nitrogen and oxygen atoms in total. The molecule has 6 amide bonds. The van der Waals surface area contributed by atoms with Gasteiger partial charge in [0.05, 0.1) is 12.5 Å². The Morgan fingerprint density at radius 1 is 0.642 bits per heavy atom. The fraction of sp³-hybridized carbons (Fsp3) is 0.320. The minimum absolute atomic E-state index is 0.0215. The Kier molecular flexibility index (Phi) is 18.3. The van der Waals surface area contributed by atoms with Crippen LogP contribution in [0.5, 0.6) is 0 Å². The molecule has 0 radical (unpaired) electrons. The van der Waals surface area contributed by atoms with E-state index < -0.39 is 84.5 Å². The Bertz CT molecular complexity index is 2400. The van der Waals surface area contributed by atoms with Gasteiger partial charge in [0.1, 0.15) is 30.3 Å². The lowest BCUT2D eigenvalue weighted by Crippen LogP contribution is -2.60. The first-order valence-corrected chi connectivity index (χ1v) is 23.1. The molecular weight excluding hydrogens is 875 g/mol. The fourth-order valence-electron chi connectivity index (χ4n) is 7.63. The molecule has 2 aliphatic rings. The molecule has 2 aliphatic heterocycles. The highest BCUT2D eigenvalue weighted by Gasteiger charge is 2.34. The topological polar surface area (TPSA) is 261 Å². The molecule has 5 aromatic rings. The normalized spacial score (nSPS) is 20.4. The van der Waals surface area contributed by atoms with Crippen LogP contribution in [0.15, 0.2) is 127 Å². The first kappa shape index (κ1) is 49.7. The average molecular weight is 932 g/mol. The van der Waals surface area contributed by atoms with Gasteiger partial charge in [0.2, 0.25) is 29.5 Å². The van der Waals surface area contributed by atoms with Crippen molar-refractivity contribution >= 4 is 52.5 Å². The molecule has 6 atom stereocenters. The van der Waals surface area contributed by atoms with Gasteiger partial charge in [0.25, 0.3) is 5.91 Å². The summed E-state index contributed by atoms with van der Waals surface area (Å²) in [6, 6.07) is 29.5. The third kappa shape index (κ3) is 15.1. The van der Waals surface area contributed by atoms with Crippen molar-refractivity contribution in [3.63, 3.8) is 0 Å². The van der Waals surface area contributed by atoms with Gasteiger partial charge < -0.3 is 53.0 Å². The van der Waals surface area contributed by atoms with E-state index >= 15 is 0 Å². The molecule has 1 aromatic heterocycles. The van der Waals surface area contributed by atoms with Gasteiger partial charge in [-0.2, -0.15) is 0 Å². The maximum Gasteiger partial charge on any atom is 0.253 e. The van der Waals surface area contributed by atoms with Crippen LogP contribution in [0.3, 0.4) is 0 Å². The lowest BCUT2D eigenvalue weighted by molar-refractivity contribution is -0.136. The first-order chi connectivity index (χ1) is 32.3. The Labute approximate surface area is 392 Å². The van der Waals surface area contributed by atoms with Crippen LogP contribution in [0.1, 0.15) is 47.3 Å². The molecule has 0 fully saturated rings. The molecule has 17 heteroatoms. The average Bonchev–Trinajstić information content (AvgIpc) is 3.84. The molecule has 7 rings (SSSR count). The van der Waals surface area contributed by atoms with Crippen LogP contribution in [-0.2, 0) is 54.5 Å². The van der Waals surface area contributed by atoms with E-state index in [0.29, 0.717) is 36.1 Å². The predicted octanol–water partition coefficient (Wildman–Crippen LogP) is 2.25. The van der Waals surface area contributed by atoms with Crippen molar-refractivity contribution in [2.75, 3.05) is 11.9 Å². The molecular formula is C50H57N7O9S. The number of fused-ring (bicyclic) bond motifs is 18. The van der Waals surface area contributed by atoms with Crippen molar-refractivity contribution in [2.45, 2.75) is 94.0 Å². The zero-order valence-electron chi connectivity index (χ0n) is 36.8. The van der Waals surface area contributed by atoms with Gasteiger partial charge in [-0.15, -0.1) is 11.3 Å². The smallest absolute Gasteiger partial charge is 0.253 e. The summed E-state index contributed by atoms with van der Waals surface area (Å²) in [4.78, 5) is 85.0. The number of rotatable bonds is 14. The van der Waals surface area contributed by atoms with Crippen molar-refractivity contribution in [1.82, 2.24) is 26.6 Å². The van der Waals surface area contributed by atoms with E-state index in [-0.39, 0.29) is 37.8 Å². The standard InChI is InChI=1S/C50H57N7O9S/c51-24-8-7-15-38(50(65)66)54-45(60)40-28-33-18-22-36(23-19-33)52-49(64)43(58)30-44(59)53-42(29-37-14-9-25-67-37)48(63)57-41(27-32-16-20-35(21-17-32)34-12-5-2-6-13-34)47(62)55-39(46(61)56-40)26-31-10-3-1-4-11-31/h1-6,9-14,16-23,25,38-43,50,58,65-66H,7-8,15,24,26-30,51H2,(H,52,64)(H,53,59)(H,54,60)(H,55,62)(H,56,61)(H,57,63). The first-order valence-electron chi connectivity index (χ1n) is 22.2. The van der Waals surface area contributed by atoms with Crippen molar-refractivity contribution < 1.29 is 44.1 Å². The molecule has 0 spiro atoms. The number of amides is 6. The van der Waals surface area contributed by atoms with Gasteiger partial charge in [-0.25, -0.2) is 0 Å². The minimum Gasteiger partial charge on any atom is -0.383 e. The van der Waals surface area contributed by atoms with Crippen LogP contribution < -0.4 is 37.6 Å². The molecule has 0 saturated carbocycles. The Balaban J connectivity index is 1.37. The number of unbranched alkanes of at least 4 members (excludes halogenated alkanes) is 1. The summed E-state index contributed by atoms with van der Waals surface area (Å²) in [5.41, 5.74) is 9.66. The highest BCUT2D eigenvalue weighted by Crippen LogP contribution is 2.21. The summed E-state index contributed by atoms with van der Waals surface area (Å²) in [6.07, 6.45) is -3.32. The summed E-state index contributed by atoms with van der Waals surface area (Å²) >= 11 is 1.35. The number of nitrogens with one attached hydrogen (secondary N) is 6. The van der Waals surface area contributed by atoms with Gasteiger partial charge in [-0.05, 0) is 77.2 Å². The number of anilines is 1. The number of nitrogens with two attached hydrogens (primary N) is 1. The van der Waals surface area contributed by atoms with E-state index in [1.165, 1.54) is 23.5 Å². The third-order valence-electron chi connectivity index (χ3n) is 11.3. The molecule has 352 valence electrons. The van der Waals surface area contributed by atoms with Crippen LogP contribution in [0, 0.1) is 0 Å². The second-order valence-electron chi connectivity index (χ2n) is 16.5. The lowest BCUT2D eigenvalue weighted by Gasteiger charge is -2.28. The summed E-state index contributed by atoms with van der Waals surface area (Å²) in [7, 11) is 0. The molecule has 4 aromatic carbocycles. The number of hydrogen-bond donors (Lipinski definition) is 10. The zero-order chi connectivity index (χ0) is 47.7. The van der Waals surface area contributed by atoms with Gasteiger partial charge in [0, 0.05) is 36.2 Å². The molecule has 67 heavy (non-hydrogen) atoms. The van der Waals surface area contributed by atoms with E-state index in [1.54, 1.807) is 54.6 Å². The summed E-state index contributed by atoms with van der Waals surface area (Å²) in [5, 5.41) is 49.4. The quantitative estimate of drug-likeness (QED) is 0.0441. The van der Waals surface area contributed by atoms with Crippen molar-refractivity contribution in [1.29, 1.82) is 0 Å². The lowest BCUT2D eigenvalue weighted by atomic mass is 9.99. The second kappa shape index (κ2) is 24.7. The fourth-order valence-corrected chi connectivity index (χ4v) is 8.38. The maximum absolute atomic E-state index is 14.7. The molecule has 0 saturated heterocycles. The number of aliphatic hydroxyl groups excluding tert-OH is 2. The van der Waals surface area contributed by atoms with E-state index in [2.05, 4.69) is 31.9 Å². The number of hydrogen-bond acceptors (Lipinski definition) is 11. The van der Waals surface area contributed by atoms with Crippen LogP contribution >= 0.6 is 11.3 Å². The van der Waals surface area contributed by atoms with E-state index in [4.69, 9.17) is 5.73 Å². The van der Waals surface area contributed by atoms with Gasteiger partial charge >= 0.3 is 0 Å². The second-order valence-corrected chi connectivity index (χ2v) is 17.5. The van der Waals surface area contributed by atoms with E-state index in [0.717, 1.165) is 16.0 Å². The van der Waals surface area contributed by atoms with Crippen LogP contribution in [0.2, 0.25) is 0 Å². The van der Waals surface area contributed by atoms with Crippen molar-refractivity contribution in [3.05, 3.63) is 148 Å². The molecule has 3 heterocycles. The van der Waals surface area contributed by atoms with Crippen molar-refractivity contribution in [3.8, 4) is 11.1 Å². The van der Waals surface area contributed by atoms with Crippen LogP contribution in [0.25, 0.3) is 11.1 Å². The SMILES string of the molecule is NCCCCC(NC(=O)C1Cc2ccc(cc2)NC(=O)C(O)CC(=O)NC(Cc2cccs2)C(=O)NC(Cc2ccc(-c3ccccc3)cc2)C(=O)NC(Cc2ccccc2)C(=O)N1)C(O)O. The van der Waals surface area contributed by atoms with Gasteiger partial charge in [-0.1, -0.05) is 103 Å². The molecule has 11 N–H and O–H groups in total. The highest BCUT2D eigenvalue weighted by atomic mass is 32.1. The number of aliphatic hydroxyl groups is 3. The summed E-state index contributed by atoms with van der Waals surface area (Å²) < 4.78 is 0. The van der Waals surface area contributed by atoms with Gasteiger partial charge in [0.15, 0.2) is 6.29 Å². The van der Waals surface area contributed by atoms with Crippen LogP contribution in [-0.4, -0.2) is 99.9 Å². The monoisotopic (exact) mass is 931 g/mol. The minimum atomic E-state index is -1.92.